The van der Waals surface area contributed by atoms with Gasteiger partial charge in [-0.15, -0.1) is 0 Å². The molecule has 1 aromatic rings. The Kier molecular flexibility index (Phi) is 17.1. The van der Waals surface area contributed by atoms with E-state index < -0.39 is 27.5 Å². The van der Waals surface area contributed by atoms with Crippen molar-refractivity contribution in [3.63, 3.8) is 0 Å². The zero-order chi connectivity index (χ0) is 26.7. The summed E-state index contributed by atoms with van der Waals surface area (Å²) in [5.74, 6) is -1.65. The van der Waals surface area contributed by atoms with E-state index in [1.54, 1.807) is 19.1 Å². The summed E-state index contributed by atoms with van der Waals surface area (Å²) < 4.78 is 42.5. The molecule has 7 nitrogen and oxygen atoms in total. The van der Waals surface area contributed by atoms with E-state index >= 15 is 0 Å². The monoisotopic (exact) mass is 526 g/mol. The van der Waals surface area contributed by atoms with Crippen LogP contribution in [0.1, 0.15) is 137 Å². The van der Waals surface area contributed by atoms with Crippen LogP contribution in [0.25, 0.3) is 0 Å². The summed E-state index contributed by atoms with van der Waals surface area (Å²) in [4.78, 5) is 25.0. The molecule has 1 atom stereocenters. The maximum absolute atomic E-state index is 12.5. The van der Waals surface area contributed by atoms with Crippen molar-refractivity contribution < 1.29 is 32.0 Å². The highest BCUT2D eigenvalue weighted by Gasteiger charge is 2.28. The molecular weight excluding hydrogens is 480 g/mol. The molecule has 0 spiro atoms. The lowest BCUT2D eigenvalue weighted by atomic mass is 10.0. The van der Waals surface area contributed by atoms with E-state index in [1.807, 2.05) is 0 Å². The summed E-state index contributed by atoms with van der Waals surface area (Å²) in [5, 5.41) is 0. The smallest absolute Gasteiger partial charge is 0.340 e. The highest BCUT2D eigenvalue weighted by atomic mass is 32.2. The number of ether oxygens (including phenoxy) is 2. The van der Waals surface area contributed by atoms with Gasteiger partial charge < -0.3 is 9.47 Å². The average Bonchev–Trinajstić information content (AvgIpc) is 2.85. The first-order chi connectivity index (χ1) is 17.3. The van der Waals surface area contributed by atoms with E-state index in [2.05, 4.69) is 6.92 Å². The fourth-order valence-electron chi connectivity index (χ4n) is 4.07. The highest BCUT2D eigenvalue weighted by Crippen LogP contribution is 2.17. The molecule has 0 bridgehead atoms. The Morgan fingerprint density at radius 3 is 1.61 bits per heavy atom. The van der Waals surface area contributed by atoms with Crippen LogP contribution in [0, 0.1) is 0 Å². The van der Waals surface area contributed by atoms with Gasteiger partial charge in [0.15, 0.2) is 0 Å². The van der Waals surface area contributed by atoms with Gasteiger partial charge in [-0.1, -0.05) is 116 Å². The molecular formula is C28H46O7S. The van der Waals surface area contributed by atoms with E-state index in [0.717, 1.165) is 19.3 Å². The van der Waals surface area contributed by atoms with Crippen LogP contribution in [0.5, 0.6) is 0 Å². The van der Waals surface area contributed by atoms with Crippen molar-refractivity contribution in [2.75, 3.05) is 6.61 Å². The SMILES string of the molecule is CCCCCCCCCCCCCCCCOC(=O)c1ccccc1C(=O)OC(CCC)S(=O)(=O)O. The zero-order valence-corrected chi connectivity index (χ0v) is 23.0. The molecule has 0 saturated heterocycles. The van der Waals surface area contributed by atoms with Gasteiger partial charge in [-0.25, -0.2) is 9.59 Å². The van der Waals surface area contributed by atoms with E-state index in [4.69, 9.17) is 9.47 Å². The van der Waals surface area contributed by atoms with Gasteiger partial charge in [0, 0.05) is 6.42 Å². The largest absolute Gasteiger partial charge is 0.462 e. The van der Waals surface area contributed by atoms with Crippen LogP contribution < -0.4 is 0 Å². The van der Waals surface area contributed by atoms with Crippen LogP contribution >= 0.6 is 0 Å². The topological polar surface area (TPSA) is 107 Å². The molecule has 0 amide bonds. The van der Waals surface area contributed by atoms with Gasteiger partial charge in [0.2, 0.25) is 5.44 Å². The van der Waals surface area contributed by atoms with Crippen molar-refractivity contribution >= 4 is 22.1 Å². The van der Waals surface area contributed by atoms with Gasteiger partial charge in [-0.3, -0.25) is 4.55 Å². The summed E-state index contributed by atoms with van der Waals surface area (Å²) in [6, 6.07) is 5.94. The van der Waals surface area contributed by atoms with Crippen LogP contribution in [0.2, 0.25) is 0 Å². The van der Waals surface area contributed by atoms with E-state index in [9.17, 15) is 22.6 Å². The Bertz CT molecular complexity index is 851. The average molecular weight is 527 g/mol. The number of benzene rings is 1. The van der Waals surface area contributed by atoms with Crippen LogP contribution in [0.15, 0.2) is 24.3 Å². The lowest BCUT2D eigenvalue weighted by Gasteiger charge is -2.15. The van der Waals surface area contributed by atoms with Gasteiger partial charge in [-0.05, 0) is 18.6 Å². The number of carbonyl (C=O) groups is 2. The summed E-state index contributed by atoms with van der Waals surface area (Å²) in [5.41, 5.74) is -1.75. The maximum Gasteiger partial charge on any atom is 0.340 e. The normalized spacial score (nSPS) is 12.3. The molecule has 0 aliphatic carbocycles. The number of hydrogen-bond donors (Lipinski definition) is 1. The minimum atomic E-state index is -4.56. The molecule has 0 aliphatic rings. The van der Waals surface area contributed by atoms with Crippen molar-refractivity contribution in [3.05, 3.63) is 35.4 Å². The summed E-state index contributed by atoms with van der Waals surface area (Å²) in [6.45, 7) is 4.20. The van der Waals surface area contributed by atoms with E-state index in [0.29, 0.717) is 6.42 Å². The van der Waals surface area contributed by atoms with Crippen molar-refractivity contribution in [1.29, 1.82) is 0 Å². The Hall–Kier alpha value is -1.93. The third kappa shape index (κ3) is 14.0. The highest BCUT2D eigenvalue weighted by molar-refractivity contribution is 7.86. The number of unbranched alkanes of at least 4 members (excludes halogenated alkanes) is 13. The van der Waals surface area contributed by atoms with E-state index in [1.165, 1.54) is 82.8 Å². The molecule has 1 rings (SSSR count). The minimum Gasteiger partial charge on any atom is -0.462 e. The van der Waals surface area contributed by atoms with Crippen LogP contribution in [0.4, 0.5) is 0 Å². The third-order valence-electron chi connectivity index (χ3n) is 6.19. The quantitative estimate of drug-likeness (QED) is 0.100. The molecule has 1 N–H and O–H groups in total. The lowest BCUT2D eigenvalue weighted by Crippen LogP contribution is -2.27. The number of carbonyl (C=O) groups excluding carboxylic acids is 2. The Labute approximate surface area is 218 Å². The summed E-state index contributed by atoms with van der Waals surface area (Å²) >= 11 is 0. The van der Waals surface area contributed by atoms with Crippen molar-refractivity contribution in [3.8, 4) is 0 Å². The molecule has 1 unspecified atom stereocenters. The maximum atomic E-state index is 12.5. The van der Waals surface area contributed by atoms with Crippen molar-refractivity contribution in [2.24, 2.45) is 0 Å². The second-order valence-corrected chi connectivity index (χ2v) is 11.0. The van der Waals surface area contributed by atoms with Gasteiger partial charge in [0.1, 0.15) is 0 Å². The first-order valence-electron chi connectivity index (χ1n) is 13.7. The summed E-state index contributed by atoms with van der Waals surface area (Å²) in [6.07, 6.45) is 17.7. The second kappa shape index (κ2) is 19.2. The van der Waals surface area contributed by atoms with Gasteiger partial charge in [-0.2, -0.15) is 8.42 Å². The number of hydrogen-bond acceptors (Lipinski definition) is 6. The fraction of sp³-hybridized carbons (Fsp3) is 0.714. The Balaban J connectivity index is 2.27. The van der Waals surface area contributed by atoms with Crippen molar-refractivity contribution in [1.82, 2.24) is 0 Å². The second-order valence-electron chi connectivity index (χ2n) is 9.42. The molecule has 36 heavy (non-hydrogen) atoms. The van der Waals surface area contributed by atoms with Crippen LogP contribution in [0.3, 0.4) is 0 Å². The van der Waals surface area contributed by atoms with Crippen LogP contribution in [-0.2, 0) is 19.6 Å². The minimum absolute atomic E-state index is 0.0125. The molecule has 0 radical (unpaired) electrons. The van der Waals surface area contributed by atoms with Crippen LogP contribution in [-0.4, -0.2) is 37.0 Å². The fourth-order valence-corrected chi connectivity index (χ4v) is 4.81. The van der Waals surface area contributed by atoms with Gasteiger partial charge in [0.05, 0.1) is 17.7 Å². The Morgan fingerprint density at radius 1 is 0.722 bits per heavy atom. The first-order valence-corrected chi connectivity index (χ1v) is 15.2. The molecule has 0 aliphatic heterocycles. The molecule has 0 saturated carbocycles. The Morgan fingerprint density at radius 2 is 1.17 bits per heavy atom. The molecule has 1 aromatic carbocycles. The summed E-state index contributed by atoms with van der Waals surface area (Å²) in [7, 11) is -4.56. The lowest BCUT2D eigenvalue weighted by molar-refractivity contribution is 0.0395. The molecule has 0 heterocycles. The third-order valence-corrected chi connectivity index (χ3v) is 7.19. The number of rotatable bonds is 21. The first kappa shape index (κ1) is 32.1. The van der Waals surface area contributed by atoms with E-state index in [-0.39, 0.29) is 24.2 Å². The zero-order valence-electron chi connectivity index (χ0n) is 22.2. The van der Waals surface area contributed by atoms with Gasteiger partial charge in [0.25, 0.3) is 0 Å². The molecule has 8 heteroatoms. The standard InChI is InChI=1S/C28H46O7S/c1-3-5-6-7-8-9-10-11-12-13-14-15-16-19-23-34-27(29)24-21-17-18-22-25(24)28(30)35-26(20-4-2)36(31,32)33/h17-18,21-22,26H,3-16,19-20,23H2,1-2H3,(H,31,32,33). The predicted molar refractivity (Wildman–Crippen MR) is 143 cm³/mol. The van der Waals surface area contributed by atoms with Gasteiger partial charge >= 0.3 is 22.1 Å². The van der Waals surface area contributed by atoms with Crippen molar-refractivity contribution in [2.45, 2.75) is 122 Å². The molecule has 206 valence electrons. The predicted octanol–water partition coefficient (Wildman–Crippen LogP) is 7.50. The molecule has 0 aromatic heterocycles. The number of esters is 2. The molecule has 0 fully saturated rings.